The second-order valence-corrected chi connectivity index (χ2v) is 7.46. The lowest BCUT2D eigenvalue weighted by Gasteiger charge is -2.19. The standard InChI is InChI=1S/C18H14Cl3N5O2/c1-26(18(27)17(20)21)11-5-2-4-10(8-11)15-9-14(24-28-15)16-12(19)6-3-7-13(16)23-25-22/h2-8,15,17H,9H2,1H3. The number of oxime groups is 1. The van der Waals surface area contributed by atoms with Crippen LogP contribution in [0.3, 0.4) is 0 Å². The van der Waals surface area contributed by atoms with Crippen molar-refractivity contribution in [1.82, 2.24) is 0 Å². The number of halogens is 3. The summed E-state index contributed by atoms with van der Waals surface area (Å²) in [6.45, 7) is 0. The second-order valence-electron chi connectivity index (χ2n) is 5.95. The minimum atomic E-state index is -1.15. The summed E-state index contributed by atoms with van der Waals surface area (Å²) in [6, 6.07) is 12.3. The first-order valence-corrected chi connectivity index (χ1v) is 9.39. The number of azide groups is 1. The third-order valence-corrected chi connectivity index (χ3v) is 4.94. The molecule has 0 spiro atoms. The van der Waals surface area contributed by atoms with Crippen molar-refractivity contribution in [1.29, 1.82) is 0 Å². The van der Waals surface area contributed by atoms with Gasteiger partial charge >= 0.3 is 0 Å². The smallest absolute Gasteiger partial charge is 0.260 e. The average molecular weight is 439 g/mol. The number of hydrogen-bond donors (Lipinski definition) is 0. The molecule has 1 unspecified atom stereocenters. The molecule has 0 aliphatic carbocycles. The number of anilines is 1. The summed E-state index contributed by atoms with van der Waals surface area (Å²) in [4.78, 5) is 20.6. The Morgan fingerprint density at radius 2 is 2.11 bits per heavy atom. The molecule has 0 fully saturated rings. The molecular weight excluding hydrogens is 425 g/mol. The molecule has 1 aliphatic heterocycles. The van der Waals surface area contributed by atoms with Crippen LogP contribution in [0.4, 0.5) is 11.4 Å². The van der Waals surface area contributed by atoms with Crippen LogP contribution in [0.5, 0.6) is 0 Å². The third-order valence-electron chi connectivity index (χ3n) is 4.25. The first kappa shape index (κ1) is 20.3. The van der Waals surface area contributed by atoms with Crippen LogP contribution in [0.1, 0.15) is 23.7 Å². The van der Waals surface area contributed by atoms with Crippen LogP contribution in [-0.4, -0.2) is 23.5 Å². The van der Waals surface area contributed by atoms with Crippen molar-refractivity contribution in [3.8, 4) is 0 Å². The molecule has 3 rings (SSSR count). The van der Waals surface area contributed by atoms with Crippen LogP contribution in [0.15, 0.2) is 52.7 Å². The van der Waals surface area contributed by atoms with Gasteiger partial charge < -0.3 is 9.74 Å². The maximum atomic E-state index is 12.0. The van der Waals surface area contributed by atoms with Crippen molar-refractivity contribution in [2.75, 3.05) is 11.9 Å². The van der Waals surface area contributed by atoms with Gasteiger partial charge in [0.25, 0.3) is 5.91 Å². The van der Waals surface area contributed by atoms with E-state index in [0.29, 0.717) is 34.1 Å². The van der Waals surface area contributed by atoms with E-state index in [0.717, 1.165) is 5.56 Å². The second kappa shape index (κ2) is 8.71. The summed E-state index contributed by atoms with van der Waals surface area (Å²) in [5.74, 6) is -0.431. The summed E-state index contributed by atoms with van der Waals surface area (Å²) >= 11 is 17.6. The quantitative estimate of drug-likeness (QED) is 0.251. The molecule has 28 heavy (non-hydrogen) atoms. The minimum absolute atomic E-state index is 0.378. The molecular formula is C18H14Cl3N5O2. The van der Waals surface area contributed by atoms with E-state index in [9.17, 15) is 4.79 Å². The van der Waals surface area contributed by atoms with Crippen LogP contribution < -0.4 is 4.90 Å². The molecule has 0 aromatic heterocycles. The fraction of sp³-hybridized carbons (Fsp3) is 0.222. The molecule has 1 amide bonds. The van der Waals surface area contributed by atoms with E-state index < -0.39 is 10.7 Å². The highest BCUT2D eigenvalue weighted by atomic mass is 35.5. The lowest BCUT2D eigenvalue weighted by molar-refractivity contribution is -0.116. The van der Waals surface area contributed by atoms with Crippen LogP contribution in [0, 0.1) is 0 Å². The molecule has 1 atom stereocenters. The normalized spacial score (nSPS) is 15.6. The SMILES string of the molecule is CN(C(=O)C(Cl)Cl)c1cccc(C2CC(c3c(Cl)cccc3N=[N+]=[N-])=NO2)c1. The van der Waals surface area contributed by atoms with Crippen LogP contribution in [-0.2, 0) is 9.63 Å². The van der Waals surface area contributed by atoms with Gasteiger partial charge in [0.2, 0.25) is 0 Å². The Kier molecular flexibility index (Phi) is 6.31. The summed E-state index contributed by atoms with van der Waals surface area (Å²) in [5.41, 5.74) is 11.7. The maximum absolute atomic E-state index is 12.0. The summed E-state index contributed by atoms with van der Waals surface area (Å²) in [6.07, 6.45) is 0.0448. The van der Waals surface area contributed by atoms with Crippen molar-refractivity contribution in [2.24, 2.45) is 10.3 Å². The molecule has 7 nitrogen and oxygen atoms in total. The molecule has 0 N–H and O–H groups in total. The topological polar surface area (TPSA) is 90.7 Å². The lowest BCUT2D eigenvalue weighted by Crippen LogP contribution is -2.31. The van der Waals surface area contributed by atoms with Crippen molar-refractivity contribution in [2.45, 2.75) is 17.4 Å². The molecule has 1 aliphatic rings. The van der Waals surface area contributed by atoms with Crippen molar-refractivity contribution >= 4 is 57.8 Å². The summed E-state index contributed by atoms with van der Waals surface area (Å²) < 4.78 is 0. The molecule has 0 saturated heterocycles. The fourth-order valence-corrected chi connectivity index (χ4v) is 3.41. The first-order chi connectivity index (χ1) is 13.4. The predicted molar refractivity (Wildman–Crippen MR) is 111 cm³/mol. The van der Waals surface area contributed by atoms with E-state index in [-0.39, 0.29) is 6.10 Å². The van der Waals surface area contributed by atoms with Gasteiger partial charge in [0, 0.05) is 35.3 Å². The summed E-state index contributed by atoms with van der Waals surface area (Å²) in [7, 11) is 1.59. The molecule has 0 saturated carbocycles. The monoisotopic (exact) mass is 437 g/mol. The fourth-order valence-electron chi connectivity index (χ4n) is 2.84. The number of carbonyl (C=O) groups is 1. The zero-order valence-electron chi connectivity index (χ0n) is 14.6. The molecule has 2 aromatic carbocycles. The van der Waals surface area contributed by atoms with E-state index in [1.807, 2.05) is 6.07 Å². The predicted octanol–water partition coefficient (Wildman–Crippen LogP) is 5.91. The number of benzene rings is 2. The zero-order chi connectivity index (χ0) is 20.3. The Balaban J connectivity index is 1.84. The molecule has 1 heterocycles. The van der Waals surface area contributed by atoms with Crippen molar-refractivity contribution < 1.29 is 9.63 Å². The number of carbonyl (C=O) groups excluding carboxylic acids is 1. The number of rotatable bonds is 5. The van der Waals surface area contributed by atoms with E-state index in [4.69, 9.17) is 45.2 Å². The largest absolute Gasteiger partial charge is 0.387 e. The van der Waals surface area contributed by atoms with E-state index in [1.165, 1.54) is 4.90 Å². The van der Waals surface area contributed by atoms with E-state index in [1.54, 1.807) is 43.4 Å². The maximum Gasteiger partial charge on any atom is 0.260 e. The number of amides is 1. The van der Waals surface area contributed by atoms with Crippen molar-refractivity contribution in [3.05, 3.63) is 69.1 Å². The highest BCUT2D eigenvalue weighted by molar-refractivity contribution is 6.54. The van der Waals surface area contributed by atoms with Crippen LogP contribution in [0.2, 0.25) is 5.02 Å². The van der Waals surface area contributed by atoms with Crippen LogP contribution in [0.25, 0.3) is 10.4 Å². The van der Waals surface area contributed by atoms with Gasteiger partial charge in [-0.1, -0.05) is 69.3 Å². The highest BCUT2D eigenvalue weighted by Gasteiger charge is 2.27. The molecule has 144 valence electrons. The number of alkyl halides is 2. The van der Waals surface area contributed by atoms with Gasteiger partial charge in [-0.15, -0.1) is 0 Å². The molecule has 0 bridgehead atoms. The third kappa shape index (κ3) is 4.18. The highest BCUT2D eigenvalue weighted by Crippen LogP contribution is 2.36. The van der Waals surface area contributed by atoms with Gasteiger partial charge in [0.05, 0.1) is 10.7 Å². The van der Waals surface area contributed by atoms with Crippen LogP contribution >= 0.6 is 34.8 Å². The first-order valence-electron chi connectivity index (χ1n) is 8.14. The lowest BCUT2D eigenvalue weighted by atomic mass is 9.99. The zero-order valence-corrected chi connectivity index (χ0v) is 16.9. The van der Waals surface area contributed by atoms with Gasteiger partial charge in [0.1, 0.15) is 0 Å². The Labute approximate surface area is 176 Å². The van der Waals surface area contributed by atoms with Crippen molar-refractivity contribution in [3.63, 3.8) is 0 Å². The number of hydrogen-bond acceptors (Lipinski definition) is 4. The van der Waals surface area contributed by atoms with Gasteiger partial charge in [0.15, 0.2) is 10.9 Å². The average Bonchev–Trinajstić information content (AvgIpc) is 3.17. The van der Waals surface area contributed by atoms with Gasteiger partial charge in [-0.25, -0.2) is 0 Å². The van der Waals surface area contributed by atoms with Gasteiger partial charge in [-0.05, 0) is 29.3 Å². The Morgan fingerprint density at radius 1 is 1.36 bits per heavy atom. The Hall–Kier alpha value is -2.44. The summed E-state index contributed by atoms with van der Waals surface area (Å²) in [5, 5.41) is 8.22. The van der Waals surface area contributed by atoms with Gasteiger partial charge in [-0.2, -0.15) is 0 Å². The van der Waals surface area contributed by atoms with Gasteiger partial charge in [-0.3, -0.25) is 4.79 Å². The molecule has 0 radical (unpaired) electrons. The van der Waals surface area contributed by atoms with E-state index >= 15 is 0 Å². The molecule has 2 aromatic rings. The Morgan fingerprint density at radius 3 is 2.82 bits per heavy atom. The van der Waals surface area contributed by atoms with E-state index in [2.05, 4.69) is 15.2 Å². The molecule has 10 heteroatoms. The Bertz CT molecular complexity index is 989. The minimum Gasteiger partial charge on any atom is -0.387 e. The number of nitrogens with zero attached hydrogens (tertiary/aromatic N) is 5.